The molecular formula is C38H50Si3. The van der Waals surface area contributed by atoms with Crippen molar-refractivity contribution < 1.29 is 0 Å². The monoisotopic (exact) mass is 590 g/mol. The molecule has 214 valence electrons. The zero-order chi connectivity index (χ0) is 29.9. The van der Waals surface area contributed by atoms with Crippen molar-refractivity contribution >= 4 is 57.2 Å². The Morgan fingerprint density at radius 1 is 0.707 bits per heavy atom. The van der Waals surface area contributed by atoms with Crippen molar-refractivity contribution in [3.8, 4) is 0 Å². The molecule has 0 spiro atoms. The molecule has 4 rings (SSSR count). The summed E-state index contributed by atoms with van der Waals surface area (Å²) in [6.45, 7) is 26.3. The topological polar surface area (TPSA) is 0 Å². The molecule has 0 aliphatic heterocycles. The van der Waals surface area contributed by atoms with Gasteiger partial charge in [0.2, 0.25) is 0 Å². The van der Waals surface area contributed by atoms with Crippen LogP contribution in [-0.2, 0) is 0 Å². The van der Waals surface area contributed by atoms with Crippen LogP contribution in [0.15, 0.2) is 97.6 Å². The van der Waals surface area contributed by atoms with Gasteiger partial charge in [0.25, 0.3) is 0 Å². The van der Waals surface area contributed by atoms with E-state index in [-0.39, 0.29) is 0 Å². The maximum atomic E-state index is 4.51. The van der Waals surface area contributed by atoms with Gasteiger partial charge >= 0.3 is 0 Å². The fraction of sp³-hybridized carbons (Fsp3) is 0.316. The molecule has 1 atom stereocenters. The minimum Gasteiger partial charge on any atom is -0.0905 e. The van der Waals surface area contributed by atoms with E-state index in [2.05, 4.69) is 159 Å². The van der Waals surface area contributed by atoms with Gasteiger partial charge in [0.15, 0.2) is 0 Å². The fourth-order valence-electron chi connectivity index (χ4n) is 7.26. The first-order valence-electron chi connectivity index (χ1n) is 15.6. The van der Waals surface area contributed by atoms with Crippen LogP contribution in [0.5, 0.6) is 0 Å². The zero-order valence-corrected chi connectivity index (χ0v) is 30.2. The largest absolute Gasteiger partial charge is 0.133 e. The highest BCUT2D eigenvalue weighted by Gasteiger charge is 2.40. The smallest absolute Gasteiger partial charge is 0.0905 e. The Kier molecular flexibility index (Phi) is 9.94. The average molecular weight is 591 g/mol. The minimum absolute atomic E-state index is 0.713. The molecule has 0 radical (unpaired) electrons. The van der Waals surface area contributed by atoms with Crippen LogP contribution in [0.3, 0.4) is 0 Å². The highest BCUT2D eigenvalue weighted by molar-refractivity contribution is 6.97. The summed E-state index contributed by atoms with van der Waals surface area (Å²) in [4.78, 5) is 0. The van der Waals surface area contributed by atoms with Gasteiger partial charge in [-0.3, -0.25) is 0 Å². The first-order chi connectivity index (χ1) is 19.5. The van der Waals surface area contributed by atoms with Crippen LogP contribution in [-0.4, -0.2) is 25.7 Å². The Labute approximate surface area is 254 Å². The van der Waals surface area contributed by atoms with Crippen molar-refractivity contribution in [1.82, 2.24) is 0 Å². The SMILES string of the molecule is C=C(c1ccccc1)c1ccc([SiH](c2ccc([SiH](C)C)cc2)c2cccc([Si](CC)(C(C)C)C(C)C)c2)c(C)c1C. The van der Waals surface area contributed by atoms with Gasteiger partial charge in [-0.25, -0.2) is 0 Å². The molecule has 4 aromatic rings. The number of hydrogen-bond acceptors (Lipinski definition) is 0. The van der Waals surface area contributed by atoms with E-state index in [4.69, 9.17) is 0 Å². The van der Waals surface area contributed by atoms with Gasteiger partial charge < -0.3 is 0 Å². The molecule has 1 unspecified atom stereocenters. The van der Waals surface area contributed by atoms with E-state index in [1.54, 1.807) is 15.6 Å². The van der Waals surface area contributed by atoms with E-state index in [1.165, 1.54) is 38.7 Å². The Bertz CT molecular complexity index is 1470. The Morgan fingerprint density at radius 3 is 1.88 bits per heavy atom. The molecule has 0 fully saturated rings. The van der Waals surface area contributed by atoms with Gasteiger partial charge in [-0.15, -0.1) is 0 Å². The zero-order valence-electron chi connectivity index (χ0n) is 26.9. The molecule has 0 heterocycles. The van der Waals surface area contributed by atoms with Crippen LogP contribution < -0.4 is 25.9 Å². The van der Waals surface area contributed by atoms with Crippen molar-refractivity contribution in [2.75, 3.05) is 0 Å². The third-order valence-corrected chi connectivity index (χ3v) is 21.6. The van der Waals surface area contributed by atoms with Crippen LogP contribution in [0.2, 0.25) is 30.2 Å². The third kappa shape index (κ3) is 6.09. The summed E-state index contributed by atoms with van der Waals surface area (Å²) in [6, 6.07) is 36.4. The van der Waals surface area contributed by atoms with E-state index in [0.29, 0.717) is 11.1 Å². The molecule has 4 aromatic carbocycles. The van der Waals surface area contributed by atoms with E-state index < -0.39 is 25.7 Å². The van der Waals surface area contributed by atoms with Crippen LogP contribution in [0.4, 0.5) is 0 Å². The maximum Gasteiger partial charge on any atom is 0.133 e. The first-order valence-corrected chi connectivity index (χ1v) is 22.6. The Balaban J connectivity index is 1.91. The van der Waals surface area contributed by atoms with Crippen LogP contribution in [0.25, 0.3) is 5.57 Å². The number of rotatable bonds is 10. The summed E-state index contributed by atoms with van der Waals surface area (Å²) in [7, 11) is -4.23. The van der Waals surface area contributed by atoms with Crippen LogP contribution in [0, 0.1) is 13.8 Å². The summed E-state index contributed by atoms with van der Waals surface area (Å²) in [6.07, 6.45) is 0. The Hall–Kier alpha value is -2.73. The second kappa shape index (κ2) is 13.1. The van der Waals surface area contributed by atoms with Crippen molar-refractivity contribution in [3.63, 3.8) is 0 Å². The van der Waals surface area contributed by atoms with E-state index >= 15 is 0 Å². The number of benzene rings is 4. The summed E-state index contributed by atoms with van der Waals surface area (Å²) >= 11 is 0. The van der Waals surface area contributed by atoms with Crippen molar-refractivity contribution in [3.05, 3.63) is 120 Å². The van der Waals surface area contributed by atoms with E-state index in [0.717, 1.165) is 5.57 Å². The van der Waals surface area contributed by atoms with E-state index in [1.807, 2.05) is 0 Å². The molecular weight excluding hydrogens is 541 g/mol. The van der Waals surface area contributed by atoms with Gasteiger partial charge in [-0.1, -0.05) is 172 Å². The number of hydrogen-bond donors (Lipinski definition) is 0. The first kappa shape index (κ1) is 31.2. The third-order valence-electron chi connectivity index (χ3n) is 9.93. The molecule has 41 heavy (non-hydrogen) atoms. The molecule has 0 saturated carbocycles. The van der Waals surface area contributed by atoms with Crippen LogP contribution >= 0.6 is 0 Å². The second-order valence-electron chi connectivity index (χ2n) is 12.9. The predicted octanol–water partition coefficient (Wildman–Crippen LogP) is 6.80. The summed E-state index contributed by atoms with van der Waals surface area (Å²) in [5, 5.41) is 7.82. The van der Waals surface area contributed by atoms with Gasteiger partial charge in [0.05, 0.1) is 16.9 Å². The van der Waals surface area contributed by atoms with Gasteiger partial charge in [-0.2, -0.15) is 0 Å². The molecule has 0 nitrogen and oxygen atoms in total. The quantitative estimate of drug-likeness (QED) is 0.141. The molecule has 0 aliphatic rings. The molecule has 0 bridgehead atoms. The Morgan fingerprint density at radius 2 is 1.32 bits per heavy atom. The fourth-order valence-corrected chi connectivity index (χ4v) is 17.2. The molecule has 3 heteroatoms. The molecule has 0 aromatic heterocycles. The standard InChI is InChI=1S/C38H50Si3/c1-11-41(27(2)3,28(4)5)36-19-15-18-35(26-36)40(34-22-20-33(21-23-34)39(9)10)38-25-24-37(29(6)30(38)7)31(8)32-16-13-12-14-17-32/h12-28,39-40H,8,11H2,1-7,9-10H3. The molecule has 0 saturated heterocycles. The second-order valence-corrected chi connectivity index (χ2v) is 24.4. The summed E-state index contributed by atoms with van der Waals surface area (Å²) in [5.74, 6) is 0. The van der Waals surface area contributed by atoms with Crippen molar-refractivity contribution in [1.29, 1.82) is 0 Å². The van der Waals surface area contributed by atoms with Gasteiger partial charge in [0, 0.05) is 0 Å². The predicted molar refractivity (Wildman–Crippen MR) is 194 cm³/mol. The molecule has 0 N–H and O–H groups in total. The highest BCUT2D eigenvalue weighted by atomic mass is 28.3. The van der Waals surface area contributed by atoms with Crippen molar-refractivity contribution in [2.24, 2.45) is 0 Å². The lowest BCUT2D eigenvalue weighted by molar-refractivity contribution is 0.896. The molecule has 0 aliphatic carbocycles. The summed E-state index contributed by atoms with van der Waals surface area (Å²) < 4.78 is 0. The normalized spacial score (nSPS) is 12.8. The van der Waals surface area contributed by atoms with Crippen LogP contribution in [0.1, 0.15) is 56.9 Å². The van der Waals surface area contributed by atoms with Gasteiger partial charge in [-0.05, 0) is 57.9 Å². The molecule has 0 amide bonds. The lowest BCUT2D eigenvalue weighted by atomic mass is 9.93. The lowest BCUT2D eigenvalue weighted by Gasteiger charge is -2.40. The average Bonchev–Trinajstić information content (AvgIpc) is 2.96. The minimum atomic E-state index is -1.72. The highest BCUT2D eigenvalue weighted by Crippen LogP contribution is 2.35. The van der Waals surface area contributed by atoms with E-state index in [9.17, 15) is 0 Å². The summed E-state index contributed by atoms with van der Waals surface area (Å²) in [5.41, 5.74) is 7.78. The lowest BCUT2D eigenvalue weighted by Crippen LogP contribution is -2.57. The van der Waals surface area contributed by atoms with Crippen molar-refractivity contribution in [2.45, 2.75) is 78.7 Å². The maximum absolute atomic E-state index is 4.51. The van der Waals surface area contributed by atoms with Gasteiger partial charge in [0.1, 0.15) is 8.80 Å².